The van der Waals surface area contributed by atoms with Crippen LogP contribution in [0.25, 0.3) is 0 Å². The smallest absolute Gasteiger partial charge is 0.505 e. The number of phenolic OH excluding ortho intramolecular Hbond substituents is 1. The van der Waals surface area contributed by atoms with Crippen LogP contribution in [0, 0.1) is 12.7 Å². The molecule has 0 amide bonds. The molecule has 0 aromatic heterocycles. The molecule has 2 aromatic carbocycles. The van der Waals surface area contributed by atoms with Gasteiger partial charge in [-0.3, -0.25) is 0 Å². The number of halogens is 5. The Balaban J connectivity index is 0.00000264. The largest absolute Gasteiger partial charge is 0.573 e. The van der Waals surface area contributed by atoms with Crippen LogP contribution in [-0.2, 0) is 0 Å². The maximum Gasteiger partial charge on any atom is 0.573 e. The Bertz CT molecular complexity index is 674. The minimum Gasteiger partial charge on any atom is -0.505 e. The molecule has 3 N–H and O–H groups in total. The fourth-order valence-corrected chi connectivity index (χ4v) is 2.12. The predicted octanol–water partition coefficient (Wildman–Crippen LogP) is 4.21. The highest BCUT2D eigenvalue weighted by Crippen LogP contribution is 2.33. The van der Waals surface area contributed by atoms with E-state index in [9.17, 15) is 22.7 Å². The normalized spacial score (nSPS) is 12.4. The fourth-order valence-electron chi connectivity index (χ4n) is 2.12. The molecule has 0 fully saturated rings. The van der Waals surface area contributed by atoms with Gasteiger partial charge in [-0.2, -0.15) is 0 Å². The molecule has 0 saturated heterocycles. The van der Waals surface area contributed by atoms with Crippen LogP contribution in [0.1, 0.15) is 22.7 Å². The van der Waals surface area contributed by atoms with E-state index in [2.05, 4.69) is 4.74 Å². The van der Waals surface area contributed by atoms with Gasteiger partial charge in [0.05, 0.1) is 6.04 Å². The highest BCUT2D eigenvalue weighted by atomic mass is 35.5. The van der Waals surface area contributed by atoms with Crippen LogP contribution < -0.4 is 10.5 Å². The first-order valence-electron chi connectivity index (χ1n) is 6.28. The Morgan fingerprint density at radius 3 is 2.17 bits per heavy atom. The van der Waals surface area contributed by atoms with Gasteiger partial charge in [0, 0.05) is 5.56 Å². The number of alkyl halides is 3. The van der Waals surface area contributed by atoms with Crippen LogP contribution in [0.15, 0.2) is 36.4 Å². The van der Waals surface area contributed by atoms with Crippen LogP contribution in [-0.4, -0.2) is 11.5 Å². The summed E-state index contributed by atoms with van der Waals surface area (Å²) in [5, 5.41) is 9.79. The monoisotopic (exact) mass is 351 g/mol. The van der Waals surface area contributed by atoms with Gasteiger partial charge in [-0.1, -0.05) is 18.2 Å². The van der Waals surface area contributed by atoms with Gasteiger partial charge in [0.15, 0.2) is 11.6 Å². The first kappa shape index (κ1) is 19.1. The van der Waals surface area contributed by atoms with Crippen molar-refractivity contribution < 1.29 is 27.4 Å². The van der Waals surface area contributed by atoms with Crippen molar-refractivity contribution in [1.29, 1.82) is 0 Å². The third-order valence-electron chi connectivity index (χ3n) is 3.17. The molecule has 0 bridgehead atoms. The Morgan fingerprint density at radius 1 is 1.09 bits per heavy atom. The predicted molar refractivity (Wildman–Crippen MR) is 79.2 cm³/mol. The van der Waals surface area contributed by atoms with E-state index in [0.29, 0.717) is 11.1 Å². The van der Waals surface area contributed by atoms with E-state index in [4.69, 9.17) is 5.73 Å². The number of benzene rings is 2. The van der Waals surface area contributed by atoms with Crippen molar-refractivity contribution in [3.05, 3.63) is 58.9 Å². The van der Waals surface area contributed by atoms with E-state index < -0.39 is 24.0 Å². The second kappa shape index (κ2) is 7.06. The summed E-state index contributed by atoms with van der Waals surface area (Å²) in [5.74, 6) is -1.76. The van der Waals surface area contributed by atoms with Gasteiger partial charge in [0.2, 0.25) is 0 Å². The average molecular weight is 352 g/mol. The SMILES string of the molecule is Cc1ccc(F)c(O)c1[C@@H](N)c1ccc(OC(F)(F)F)cc1.Cl. The number of ether oxygens (including phenoxy) is 1. The Labute approximate surface area is 136 Å². The molecule has 23 heavy (non-hydrogen) atoms. The third-order valence-corrected chi connectivity index (χ3v) is 3.17. The quantitative estimate of drug-likeness (QED) is 0.814. The second-order valence-corrected chi connectivity index (χ2v) is 4.72. The minimum absolute atomic E-state index is 0. The van der Waals surface area contributed by atoms with Crippen molar-refractivity contribution in [2.75, 3.05) is 0 Å². The molecule has 8 heteroatoms. The van der Waals surface area contributed by atoms with Gasteiger partial charge < -0.3 is 15.6 Å². The van der Waals surface area contributed by atoms with Crippen molar-refractivity contribution in [3.8, 4) is 11.5 Å². The summed E-state index contributed by atoms with van der Waals surface area (Å²) in [6.07, 6.45) is -4.78. The summed E-state index contributed by atoms with van der Waals surface area (Å²) in [4.78, 5) is 0. The molecule has 0 saturated carbocycles. The van der Waals surface area contributed by atoms with E-state index >= 15 is 0 Å². The zero-order chi connectivity index (χ0) is 16.5. The van der Waals surface area contributed by atoms with Gasteiger partial charge in [-0.15, -0.1) is 25.6 Å². The lowest BCUT2D eigenvalue weighted by Gasteiger charge is -2.17. The molecule has 0 unspecified atom stereocenters. The van der Waals surface area contributed by atoms with Crippen molar-refractivity contribution in [1.82, 2.24) is 0 Å². The molecule has 0 aliphatic heterocycles. The first-order valence-corrected chi connectivity index (χ1v) is 6.28. The molecular weight excluding hydrogens is 338 g/mol. The summed E-state index contributed by atoms with van der Waals surface area (Å²) in [6, 6.07) is 6.57. The van der Waals surface area contributed by atoms with Crippen molar-refractivity contribution in [2.45, 2.75) is 19.3 Å². The van der Waals surface area contributed by atoms with Gasteiger partial charge in [0.1, 0.15) is 5.75 Å². The van der Waals surface area contributed by atoms with Crippen LogP contribution in [0.4, 0.5) is 17.6 Å². The zero-order valence-corrected chi connectivity index (χ0v) is 12.7. The molecule has 0 radical (unpaired) electrons. The van der Waals surface area contributed by atoms with Crippen LogP contribution >= 0.6 is 12.4 Å². The summed E-state index contributed by atoms with van der Waals surface area (Å²) in [7, 11) is 0. The lowest BCUT2D eigenvalue weighted by Crippen LogP contribution is -2.17. The molecule has 0 aliphatic rings. The number of phenols is 1. The zero-order valence-electron chi connectivity index (χ0n) is 11.9. The number of aromatic hydroxyl groups is 1. The summed E-state index contributed by atoms with van der Waals surface area (Å²) in [5.41, 5.74) is 7.15. The number of nitrogens with two attached hydrogens (primary N) is 1. The molecule has 0 aliphatic carbocycles. The molecule has 2 rings (SSSR count). The van der Waals surface area contributed by atoms with E-state index in [1.54, 1.807) is 6.92 Å². The van der Waals surface area contributed by atoms with Crippen molar-refractivity contribution in [2.24, 2.45) is 5.73 Å². The highest BCUT2D eigenvalue weighted by Gasteiger charge is 2.31. The Morgan fingerprint density at radius 2 is 1.65 bits per heavy atom. The summed E-state index contributed by atoms with van der Waals surface area (Å²) in [6.45, 7) is 1.65. The van der Waals surface area contributed by atoms with E-state index in [0.717, 1.165) is 18.2 Å². The average Bonchev–Trinajstić information content (AvgIpc) is 2.42. The molecule has 0 spiro atoms. The van der Waals surface area contributed by atoms with Gasteiger partial charge in [-0.05, 0) is 36.2 Å². The standard InChI is InChI=1S/C15H13F4NO2.ClH/c1-8-2-7-11(16)14(21)12(8)13(20)9-3-5-10(6-4-9)22-15(17,18)19;/h2-7,13,21H,20H2,1H3;1H/t13-;/m0./s1. The number of aryl methyl sites for hydroxylation is 1. The highest BCUT2D eigenvalue weighted by molar-refractivity contribution is 5.85. The maximum absolute atomic E-state index is 13.4. The van der Waals surface area contributed by atoms with Crippen LogP contribution in [0.5, 0.6) is 11.5 Å². The van der Waals surface area contributed by atoms with Crippen molar-refractivity contribution in [3.63, 3.8) is 0 Å². The van der Waals surface area contributed by atoms with Gasteiger partial charge in [-0.25, -0.2) is 4.39 Å². The molecule has 3 nitrogen and oxygen atoms in total. The molecule has 0 heterocycles. The van der Waals surface area contributed by atoms with E-state index in [1.807, 2.05) is 0 Å². The fraction of sp³-hybridized carbons (Fsp3) is 0.200. The minimum atomic E-state index is -4.78. The van der Waals surface area contributed by atoms with Gasteiger partial charge in [0.25, 0.3) is 0 Å². The van der Waals surface area contributed by atoms with E-state index in [1.165, 1.54) is 18.2 Å². The van der Waals surface area contributed by atoms with Gasteiger partial charge >= 0.3 is 6.36 Å². The topological polar surface area (TPSA) is 55.5 Å². The molecule has 2 aromatic rings. The lowest BCUT2D eigenvalue weighted by atomic mass is 9.94. The maximum atomic E-state index is 13.4. The Kier molecular flexibility index (Phi) is 5.85. The summed E-state index contributed by atoms with van der Waals surface area (Å²) < 4.78 is 53.5. The lowest BCUT2D eigenvalue weighted by molar-refractivity contribution is -0.274. The molecular formula is C15H14ClF4NO2. The molecule has 126 valence electrons. The number of hydrogen-bond acceptors (Lipinski definition) is 3. The Hall–Kier alpha value is -1.99. The van der Waals surface area contributed by atoms with Crippen LogP contribution in [0.3, 0.4) is 0 Å². The number of hydrogen-bond donors (Lipinski definition) is 2. The second-order valence-electron chi connectivity index (χ2n) is 4.72. The van der Waals surface area contributed by atoms with E-state index in [-0.39, 0.29) is 23.7 Å². The van der Waals surface area contributed by atoms with Crippen LogP contribution in [0.2, 0.25) is 0 Å². The van der Waals surface area contributed by atoms with Crippen molar-refractivity contribution >= 4 is 12.4 Å². The third kappa shape index (κ3) is 4.49. The molecule has 1 atom stereocenters. The number of rotatable bonds is 3. The first-order chi connectivity index (χ1) is 10.2. The summed E-state index contributed by atoms with van der Waals surface area (Å²) >= 11 is 0.